The SMILES string of the molecule is CCSCc1cc(=O)[nH]c(SCc2nc3ccccc3[nH]2)n1. The van der Waals surface area contributed by atoms with E-state index in [4.69, 9.17) is 0 Å². The summed E-state index contributed by atoms with van der Waals surface area (Å²) in [5, 5.41) is 0.639. The summed E-state index contributed by atoms with van der Waals surface area (Å²) in [7, 11) is 0. The van der Waals surface area contributed by atoms with Gasteiger partial charge >= 0.3 is 0 Å². The largest absolute Gasteiger partial charge is 0.341 e. The van der Waals surface area contributed by atoms with Gasteiger partial charge in [0, 0.05) is 11.8 Å². The third kappa shape index (κ3) is 3.72. The maximum atomic E-state index is 11.7. The predicted octanol–water partition coefficient (Wildman–Crippen LogP) is 3.19. The van der Waals surface area contributed by atoms with Crippen LogP contribution in [0.3, 0.4) is 0 Å². The first-order chi connectivity index (χ1) is 10.7. The molecule has 0 saturated heterocycles. The maximum absolute atomic E-state index is 11.7. The van der Waals surface area contributed by atoms with Crippen LogP contribution in [0.1, 0.15) is 18.4 Å². The summed E-state index contributed by atoms with van der Waals surface area (Å²) < 4.78 is 0. The Hall–Kier alpha value is -1.73. The van der Waals surface area contributed by atoms with Crippen molar-refractivity contribution in [2.24, 2.45) is 0 Å². The van der Waals surface area contributed by atoms with Gasteiger partial charge in [0.1, 0.15) is 5.82 Å². The molecule has 0 aliphatic carbocycles. The van der Waals surface area contributed by atoms with Crippen molar-refractivity contribution in [2.45, 2.75) is 23.6 Å². The van der Waals surface area contributed by atoms with Gasteiger partial charge in [0.25, 0.3) is 5.56 Å². The van der Waals surface area contributed by atoms with E-state index >= 15 is 0 Å². The van der Waals surface area contributed by atoms with Gasteiger partial charge in [0.2, 0.25) is 0 Å². The first kappa shape index (κ1) is 15.2. The Bertz CT molecular complexity index is 795. The molecule has 3 aromatic rings. The van der Waals surface area contributed by atoms with Crippen LogP contribution in [0.4, 0.5) is 0 Å². The number of benzene rings is 1. The van der Waals surface area contributed by atoms with E-state index in [1.807, 2.05) is 24.3 Å². The summed E-state index contributed by atoms with van der Waals surface area (Å²) in [5.41, 5.74) is 2.69. The van der Waals surface area contributed by atoms with Gasteiger partial charge in [-0.05, 0) is 17.9 Å². The van der Waals surface area contributed by atoms with Crippen molar-refractivity contribution in [1.82, 2.24) is 19.9 Å². The Labute approximate surface area is 136 Å². The molecule has 114 valence electrons. The minimum Gasteiger partial charge on any atom is -0.341 e. The average Bonchev–Trinajstić information content (AvgIpc) is 2.93. The van der Waals surface area contributed by atoms with Crippen molar-refractivity contribution in [2.75, 3.05) is 5.75 Å². The highest BCUT2D eigenvalue weighted by Gasteiger charge is 2.06. The van der Waals surface area contributed by atoms with Crippen LogP contribution < -0.4 is 5.56 Å². The van der Waals surface area contributed by atoms with Gasteiger partial charge in [-0.25, -0.2) is 9.97 Å². The molecule has 0 aliphatic heterocycles. The Morgan fingerprint density at radius 1 is 1.14 bits per heavy atom. The Balaban J connectivity index is 1.72. The molecule has 3 rings (SSSR count). The van der Waals surface area contributed by atoms with Gasteiger partial charge in [-0.3, -0.25) is 4.79 Å². The highest BCUT2D eigenvalue weighted by molar-refractivity contribution is 7.98. The highest BCUT2D eigenvalue weighted by atomic mass is 32.2. The fourth-order valence-electron chi connectivity index (χ4n) is 2.04. The van der Waals surface area contributed by atoms with E-state index in [2.05, 4.69) is 26.9 Å². The monoisotopic (exact) mass is 332 g/mol. The highest BCUT2D eigenvalue weighted by Crippen LogP contribution is 2.20. The van der Waals surface area contributed by atoms with E-state index in [1.54, 1.807) is 17.8 Å². The molecule has 0 saturated carbocycles. The Morgan fingerprint density at radius 2 is 2.00 bits per heavy atom. The van der Waals surface area contributed by atoms with Crippen molar-refractivity contribution in [3.8, 4) is 0 Å². The molecule has 0 unspecified atom stereocenters. The molecule has 0 spiro atoms. The number of thioether (sulfide) groups is 2. The molecule has 22 heavy (non-hydrogen) atoms. The lowest BCUT2D eigenvalue weighted by Gasteiger charge is -2.02. The molecule has 0 atom stereocenters. The molecular formula is C15H16N4OS2. The van der Waals surface area contributed by atoms with E-state index in [9.17, 15) is 4.79 Å². The summed E-state index contributed by atoms with van der Waals surface area (Å²) in [4.78, 5) is 26.7. The van der Waals surface area contributed by atoms with E-state index in [0.29, 0.717) is 10.9 Å². The topological polar surface area (TPSA) is 74.4 Å². The molecule has 0 fully saturated rings. The van der Waals surface area contributed by atoms with Gasteiger partial charge in [0.05, 0.1) is 22.5 Å². The first-order valence-corrected chi connectivity index (χ1v) is 9.13. The van der Waals surface area contributed by atoms with Crippen molar-refractivity contribution >= 4 is 34.6 Å². The van der Waals surface area contributed by atoms with Crippen molar-refractivity contribution < 1.29 is 0 Å². The minimum atomic E-state index is -0.103. The number of aromatic amines is 2. The normalized spacial score (nSPS) is 11.1. The van der Waals surface area contributed by atoms with E-state index < -0.39 is 0 Å². The van der Waals surface area contributed by atoms with Crippen molar-refractivity contribution in [3.05, 3.63) is 52.2 Å². The maximum Gasteiger partial charge on any atom is 0.251 e. The number of imidazole rings is 1. The van der Waals surface area contributed by atoms with Gasteiger partial charge in [-0.1, -0.05) is 30.8 Å². The van der Waals surface area contributed by atoms with Crippen LogP contribution in [-0.2, 0) is 11.5 Å². The molecule has 0 aliphatic rings. The summed E-state index contributed by atoms with van der Waals surface area (Å²) in [6.07, 6.45) is 0. The molecular weight excluding hydrogens is 316 g/mol. The lowest BCUT2D eigenvalue weighted by atomic mass is 10.3. The van der Waals surface area contributed by atoms with E-state index in [1.165, 1.54) is 11.8 Å². The van der Waals surface area contributed by atoms with Crippen LogP contribution >= 0.6 is 23.5 Å². The molecule has 0 bridgehead atoms. The number of H-pyrrole nitrogens is 2. The minimum absolute atomic E-state index is 0.103. The number of aromatic nitrogens is 4. The van der Waals surface area contributed by atoms with Gasteiger partial charge in [0.15, 0.2) is 5.16 Å². The van der Waals surface area contributed by atoms with Crippen LogP contribution in [0.25, 0.3) is 11.0 Å². The summed E-state index contributed by atoms with van der Waals surface area (Å²) in [6, 6.07) is 9.48. The molecule has 2 N–H and O–H groups in total. The summed E-state index contributed by atoms with van der Waals surface area (Å²) >= 11 is 3.23. The molecule has 0 radical (unpaired) electrons. The zero-order valence-electron chi connectivity index (χ0n) is 12.1. The van der Waals surface area contributed by atoms with Crippen LogP contribution in [0, 0.1) is 0 Å². The molecule has 5 nitrogen and oxygen atoms in total. The quantitative estimate of drug-likeness (QED) is 0.536. The molecule has 0 amide bonds. The molecule has 2 aromatic heterocycles. The molecule has 7 heteroatoms. The molecule has 1 aromatic carbocycles. The predicted molar refractivity (Wildman–Crippen MR) is 92.3 cm³/mol. The Morgan fingerprint density at radius 3 is 2.82 bits per heavy atom. The van der Waals surface area contributed by atoms with Crippen LogP contribution in [-0.4, -0.2) is 25.7 Å². The van der Waals surface area contributed by atoms with Crippen LogP contribution in [0.15, 0.2) is 40.3 Å². The number of hydrogen-bond donors (Lipinski definition) is 2. The lowest BCUT2D eigenvalue weighted by molar-refractivity contribution is 0.898. The Kier molecular flexibility index (Phi) is 4.84. The van der Waals surface area contributed by atoms with E-state index in [0.717, 1.165) is 34.1 Å². The number of hydrogen-bond acceptors (Lipinski definition) is 5. The van der Waals surface area contributed by atoms with Gasteiger partial charge in [-0.15, -0.1) is 0 Å². The lowest BCUT2D eigenvalue weighted by Crippen LogP contribution is -2.09. The summed E-state index contributed by atoms with van der Waals surface area (Å²) in [6.45, 7) is 2.09. The van der Waals surface area contributed by atoms with Gasteiger partial charge < -0.3 is 9.97 Å². The average molecular weight is 332 g/mol. The fraction of sp³-hybridized carbons (Fsp3) is 0.267. The number of fused-ring (bicyclic) bond motifs is 1. The second-order valence-electron chi connectivity index (χ2n) is 4.67. The zero-order valence-corrected chi connectivity index (χ0v) is 13.8. The zero-order chi connectivity index (χ0) is 15.4. The number of rotatable bonds is 6. The van der Waals surface area contributed by atoms with Crippen molar-refractivity contribution in [3.63, 3.8) is 0 Å². The fourth-order valence-corrected chi connectivity index (χ4v) is 3.37. The van der Waals surface area contributed by atoms with Gasteiger partial charge in [-0.2, -0.15) is 11.8 Å². The number of para-hydroxylation sites is 2. The van der Waals surface area contributed by atoms with Crippen LogP contribution in [0.5, 0.6) is 0 Å². The van der Waals surface area contributed by atoms with E-state index in [-0.39, 0.29) is 5.56 Å². The third-order valence-electron chi connectivity index (χ3n) is 3.01. The molecule has 2 heterocycles. The van der Waals surface area contributed by atoms with Crippen molar-refractivity contribution in [1.29, 1.82) is 0 Å². The van der Waals surface area contributed by atoms with Crippen LogP contribution in [0.2, 0.25) is 0 Å². The summed E-state index contributed by atoms with van der Waals surface area (Å²) in [5.74, 6) is 3.29. The standard InChI is InChI=1S/C15H16N4OS2/c1-2-21-8-10-7-14(20)19-15(16-10)22-9-13-17-11-5-3-4-6-12(11)18-13/h3-7H,2,8-9H2,1H3,(H,17,18)(H,16,19,20). The smallest absolute Gasteiger partial charge is 0.251 e. The number of nitrogens with zero attached hydrogens (tertiary/aromatic N) is 2. The second-order valence-corrected chi connectivity index (χ2v) is 6.91. The third-order valence-corrected chi connectivity index (χ3v) is 4.80. The second kappa shape index (κ2) is 7.02. The number of nitrogens with one attached hydrogen (secondary N) is 2. The first-order valence-electron chi connectivity index (χ1n) is 6.99.